The second-order valence-corrected chi connectivity index (χ2v) is 12.0. The van der Waals surface area contributed by atoms with Crippen molar-refractivity contribution in [2.24, 2.45) is 28.6 Å². The summed E-state index contributed by atoms with van der Waals surface area (Å²) in [6, 6.07) is 3.07. The van der Waals surface area contributed by atoms with Crippen molar-refractivity contribution in [1.82, 2.24) is 0 Å². The molecule has 0 bridgehead atoms. The van der Waals surface area contributed by atoms with Gasteiger partial charge >= 0.3 is 5.97 Å². The molecule has 0 radical (unpaired) electrons. The highest BCUT2D eigenvalue weighted by atomic mass is 35.5. The zero-order valence-electron chi connectivity index (χ0n) is 20.6. The lowest BCUT2D eigenvalue weighted by Gasteiger charge is -2.64. The average molecular weight is 539 g/mol. The van der Waals surface area contributed by atoms with Crippen LogP contribution in [-0.2, 0) is 14.3 Å². The van der Waals surface area contributed by atoms with Crippen molar-refractivity contribution in [2.75, 3.05) is 5.88 Å². The minimum absolute atomic E-state index is 0. The number of furan rings is 1. The highest BCUT2D eigenvalue weighted by Gasteiger charge is 2.76. The molecule has 0 saturated heterocycles. The summed E-state index contributed by atoms with van der Waals surface area (Å²) in [6.07, 6.45) is 7.44. The largest absolute Gasteiger partial charge is 0.457 e. The average Bonchev–Trinajstić information content (AvgIpc) is 3.42. The lowest BCUT2D eigenvalue weighted by Crippen LogP contribution is -2.69. The van der Waals surface area contributed by atoms with Gasteiger partial charge in [0.2, 0.25) is 5.76 Å². The number of ether oxygens (including phenoxy) is 1. The number of aliphatic hydroxyl groups excluding tert-OH is 1. The van der Waals surface area contributed by atoms with Crippen molar-refractivity contribution in [1.29, 1.82) is 0 Å². The van der Waals surface area contributed by atoms with Gasteiger partial charge in [-0.15, -0.1) is 23.2 Å². The van der Waals surface area contributed by atoms with Gasteiger partial charge in [-0.05, 0) is 61.8 Å². The molecule has 0 aromatic carbocycles. The summed E-state index contributed by atoms with van der Waals surface area (Å²) < 4.78 is 11.3. The first kappa shape index (κ1) is 27.1. The molecule has 3 fully saturated rings. The van der Waals surface area contributed by atoms with Gasteiger partial charge in [0.25, 0.3) is 0 Å². The number of alkyl halides is 2. The molecule has 0 amide bonds. The fourth-order valence-electron chi connectivity index (χ4n) is 8.09. The molecule has 3 saturated carbocycles. The lowest BCUT2D eigenvalue weighted by molar-refractivity contribution is -0.177. The number of carbonyl (C=O) groups is 3. The third-order valence-electron chi connectivity index (χ3n) is 9.69. The molecule has 8 unspecified atom stereocenters. The van der Waals surface area contributed by atoms with Crippen LogP contribution in [0.1, 0.15) is 57.0 Å². The molecule has 9 heteroatoms. The molecule has 3 N–H and O–H groups in total. The van der Waals surface area contributed by atoms with Crippen LogP contribution in [-0.4, -0.2) is 50.6 Å². The standard InChI is InChI=1S/C27H30Cl2O6.H2O/c1-15-11-19-18-7-6-16-12-17(30)8-9-24(16,2)26(18,29)21(31)13-25(19,3)27(15,22(32)14-28)35-23(33)20-5-4-10-34-20;/h4-5,8-10,12,15,18-19,21,31H,6-7,11,13-14H2,1-3H3;1H2. The summed E-state index contributed by atoms with van der Waals surface area (Å²) in [4.78, 5) is 37.7. The van der Waals surface area contributed by atoms with Gasteiger partial charge in [0.15, 0.2) is 17.2 Å². The second kappa shape index (κ2) is 8.83. The Kier molecular flexibility index (Phi) is 6.65. The maximum absolute atomic E-state index is 13.6. The normalized spacial score (nSPS) is 42.9. The van der Waals surface area contributed by atoms with E-state index in [1.807, 2.05) is 26.8 Å². The number of carbonyl (C=O) groups excluding carboxylic acids is 3. The second-order valence-electron chi connectivity index (χ2n) is 11.1. The number of fused-ring (bicyclic) bond motifs is 5. The van der Waals surface area contributed by atoms with Gasteiger partial charge in [0.05, 0.1) is 23.1 Å². The minimum atomic E-state index is -1.53. The molecule has 4 aliphatic carbocycles. The van der Waals surface area contributed by atoms with E-state index in [4.69, 9.17) is 32.4 Å². The van der Waals surface area contributed by atoms with Crippen molar-refractivity contribution in [3.63, 3.8) is 0 Å². The van der Waals surface area contributed by atoms with Crippen LogP contribution in [0, 0.1) is 28.6 Å². The van der Waals surface area contributed by atoms with Crippen LogP contribution in [0.3, 0.4) is 0 Å². The Hall–Kier alpha value is -1.93. The van der Waals surface area contributed by atoms with E-state index in [0.717, 1.165) is 5.57 Å². The van der Waals surface area contributed by atoms with E-state index in [1.54, 1.807) is 12.1 Å². The van der Waals surface area contributed by atoms with Crippen molar-refractivity contribution in [2.45, 2.75) is 63.0 Å². The monoisotopic (exact) mass is 538 g/mol. The van der Waals surface area contributed by atoms with Crippen LogP contribution < -0.4 is 0 Å². The Balaban J connectivity index is 0.00000304. The third-order valence-corrected chi connectivity index (χ3v) is 10.9. The van der Waals surface area contributed by atoms with Crippen LogP contribution in [0.4, 0.5) is 0 Å². The number of ketones is 2. The fraction of sp³-hybridized carbons (Fsp3) is 0.593. The van der Waals surface area contributed by atoms with Crippen molar-refractivity contribution in [3.8, 4) is 0 Å². The van der Waals surface area contributed by atoms with E-state index in [-0.39, 0.29) is 52.9 Å². The Morgan fingerprint density at radius 3 is 2.64 bits per heavy atom. The first-order chi connectivity index (χ1) is 16.5. The first-order valence-corrected chi connectivity index (χ1v) is 13.0. The van der Waals surface area contributed by atoms with E-state index in [2.05, 4.69) is 0 Å². The summed E-state index contributed by atoms with van der Waals surface area (Å²) in [5.74, 6) is -2.12. The van der Waals surface area contributed by atoms with Crippen LogP contribution in [0.5, 0.6) is 0 Å². The van der Waals surface area contributed by atoms with Crippen LogP contribution >= 0.6 is 23.2 Å². The molecule has 8 atom stereocenters. The number of hydrogen-bond donors (Lipinski definition) is 1. The molecule has 36 heavy (non-hydrogen) atoms. The highest BCUT2D eigenvalue weighted by molar-refractivity contribution is 6.29. The first-order valence-electron chi connectivity index (χ1n) is 12.1. The van der Waals surface area contributed by atoms with Crippen molar-refractivity contribution in [3.05, 3.63) is 48.0 Å². The Labute approximate surface area is 220 Å². The fourth-order valence-corrected chi connectivity index (χ4v) is 8.81. The molecule has 1 heterocycles. The predicted molar refractivity (Wildman–Crippen MR) is 134 cm³/mol. The van der Waals surface area contributed by atoms with E-state index in [9.17, 15) is 19.5 Å². The SMILES string of the molecule is CC1CC2C3CCC4=CC(=O)C=CC4(C)C3(Cl)C(O)CC2(C)C1(OC(=O)c1ccco1)C(=O)CCl.O. The molecule has 0 spiro atoms. The van der Waals surface area contributed by atoms with E-state index >= 15 is 0 Å². The maximum atomic E-state index is 13.6. The zero-order valence-corrected chi connectivity index (χ0v) is 22.1. The molecule has 7 nitrogen and oxygen atoms in total. The lowest BCUT2D eigenvalue weighted by atomic mass is 9.45. The van der Waals surface area contributed by atoms with Gasteiger partial charge in [-0.3, -0.25) is 9.59 Å². The van der Waals surface area contributed by atoms with Gasteiger partial charge in [-0.2, -0.15) is 0 Å². The number of Topliss-reactive ketones (excluding diaryl/α,β-unsaturated/α-hetero) is 1. The van der Waals surface area contributed by atoms with E-state index in [1.165, 1.54) is 18.4 Å². The summed E-state index contributed by atoms with van der Waals surface area (Å²) in [5, 5.41) is 11.8. The predicted octanol–water partition coefficient (Wildman–Crippen LogP) is 4.04. The Morgan fingerprint density at radius 1 is 1.28 bits per heavy atom. The van der Waals surface area contributed by atoms with Gasteiger partial charge in [0, 0.05) is 16.7 Å². The number of rotatable bonds is 4. The van der Waals surface area contributed by atoms with Gasteiger partial charge in [-0.1, -0.05) is 32.4 Å². The molecule has 5 rings (SSSR count). The van der Waals surface area contributed by atoms with Gasteiger partial charge in [-0.25, -0.2) is 4.79 Å². The van der Waals surface area contributed by atoms with E-state index < -0.39 is 33.4 Å². The number of allylic oxidation sites excluding steroid dienone is 4. The molecule has 196 valence electrons. The van der Waals surface area contributed by atoms with Gasteiger partial charge in [0.1, 0.15) is 0 Å². The number of hydrogen-bond acceptors (Lipinski definition) is 6. The highest BCUT2D eigenvalue weighted by Crippen LogP contribution is 2.72. The smallest absolute Gasteiger partial charge is 0.375 e. The topological polar surface area (TPSA) is 125 Å². The molecule has 1 aromatic rings. The Bertz CT molecular complexity index is 1140. The minimum Gasteiger partial charge on any atom is -0.457 e. The third kappa shape index (κ3) is 3.22. The zero-order chi connectivity index (χ0) is 25.4. The molecule has 1 aromatic heterocycles. The van der Waals surface area contributed by atoms with Crippen LogP contribution in [0.25, 0.3) is 0 Å². The Morgan fingerprint density at radius 2 is 2.00 bits per heavy atom. The van der Waals surface area contributed by atoms with Crippen molar-refractivity contribution < 1.29 is 34.1 Å². The van der Waals surface area contributed by atoms with Gasteiger partial charge < -0.3 is 19.7 Å². The van der Waals surface area contributed by atoms with Crippen molar-refractivity contribution >= 4 is 40.7 Å². The number of halogens is 2. The summed E-state index contributed by atoms with van der Waals surface area (Å²) in [5.41, 5.74) is -2.20. The quantitative estimate of drug-likeness (QED) is 0.455. The summed E-state index contributed by atoms with van der Waals surface area (Å²) in [6.45, 7) is 5.81. The van der Waals surface area contributed by atoms with E-state index in [0.29, 0.717) is 19.3 Å². The number of esters is 1. The molecule has 0 aliphatic heterocycles. The summed E-state index contributed by atoms with van der Waals surface area (Å²) in [7, 11) is 0. The molecule has 4 aliphatic rings. The van der Waals surface area contributed by atoms with Crippen LogP contribution in [0.15, 0.2) is 46.6 Å². The molecular formula is C27H32Cl2O7. The molecular weight excluding hydrogens is 507 g/mol. The number of aliphatic hydroxyl groups is 1. The maximum Gasteiger partial charge on any atom is 0.375 e. The summed E-state index contributed by atoms with van der Waals surface area (Å²) >= 11 is 13.6. The van der Waals surface area contributed by atoms with Crippen LogP contribution in [0.2, 0.25) is 0 Å².